The first-order valence-electron chi connectivity index (χ1n) is 8.55. The van der Waals surface area contributed by atoms with Crippen molar-refractivity contribution < 1.29 is 9.21 Å². The molecule has 126 valence electrons. The fourth-order valence-electron chi connectivity index (χ4n) is 3.30. The quantitative estimate of drug-likeness (QED) is 0.873. The summed E-state index contributed by atoms with van der Waals surface area (Å²) in [7, 11) is 0. The van der Waals surface area contributed by atoms with E-state index in [-0.39, 0.29) is 17.4 Å². The molecule has 1 aromatic heterocycles. The van der Waals surface area contributed by atoms with Gasteiger partial charge < -0.3 is 9.73 Å². The SMILES string of the molecule is Cc1ccc2occ(/C=C/C(=O)NC3CCCCC3C)c(=O)c2c1. The van der Waals surface area contributed by atoms with Gasteiger partial charge in [-0.2, -0.15) is 0 Å². The van der Waals surface area contributed by atoms with E-state index < -0.39 is 0 Å². The van der Waals surface area contributed by atoms with Crippen LogP contribution in [0.5, 0.6) is 0 Å². The molecule has 1 saturated carbocycles. The number of aryl methyl sites for hydroxylation is 1. The van der Waals surface area contributed by atoms with Gasteiger partial charge in [-0.15, -0.1) is 0 Å². The van der Waals surface area contributed by atoms with Crippen LogP contribution < -0.4 is 10.7 Å². The van der Waals surface area contributed by atoms with E-state index in [4.69, 9.17) is 4.42 Å². The van der Waals surface area contributed by atoms with Crippen molar-refractivity contribution in [3.63, 3.8) is 0 Å². The van der Waals surface area contributed by atoms with Crippen LogP contribution in [0.3, 0.4) is 0 Å². The Kier molecular flexibility index (Phi) is 4.84. The van der Waals surface area contributed by atoms with Gasteiger partial charge in [0.15, 0.2) is 5.43 Å². The molecule has 3 rings (SSSR count). The molecular formula is C20H23NO3. The average Bonchev–Trinajstić information content (AvgIpc) is 2.57. The van der Waals surface area contributed by atoms with Crippen molar-refractivity contribution in [2.45, 2.75) is 45.6 Å². The third kappa shape index (κ3) is 3.58. The van der Waals surface area contributed by atoms with E-state index in [1.807, 2.05) is 19.1 Å². The van der Waals surface area contributed by atoms with E-state index in [0.717, 1.165) is 24.8 Å². The van der Waals surface area contributed by atoms with Crippen molar-refractivity contribution >= 4 is 23.0 Å². The molecule has 1 aromatic carbocycles. The van der Waals surface area contributed by atoms with Gasteiger partial charge in [0.05, 0.1) is 10.9 Å². The largest absolute Gasteiger partial charge is 0.463 e. The van der Waals surface area contributed by atoms with Crippen LogP contribution in [0, 0.1) is 12.8 Å². The summed E-state index contributed by atoms with van der Waals surface area (Å²) in [6.45, 7) is 4.11. The van der Waals surface area contributed by atoms with Gasteiger partial charge in [-0.25, -0.2) is 0 Å². The fraction of sp³-hybridized carbons (Fsp3) is 0.400. The highest BCUT2D eigenvalue weighted by molar-refractivity contribution is 5.92. The number of benzene rings is 1. The Labute approximate surface area is 141 Å². The van der Waals surface area contributed by atoms with Crippen molar-refractivity contribution in [3.8, 4) is 0 Å². The maximum atomic E-state index is 12.5. The van der Waals surface area contributed by atoms with Gasteiger partial charge in [0, 0.05) is 12.1 Å². The zero-order valence-electron chi connectivity index (χ0n) is 14.2. The molecule has 1 amide bonds. The van der Waals surface area contributed by atoms with Gasteiger partial charge in [0.25, 0.3) is 0 Å². The summed E-state index contributed by atoms with van der Waals surface area (Å²) < 4.78 is 5.49. The first-order valence-corrected chi connectivity index (χ1v) is 8.55. The fourth-order valence-corrected chi connectivity index (χ4v) is 3.30. The zero-order chi connectivity index (χ0) is 17.1. The van der Waals surface area contributed by atoms with Gasteiger partial charge in [0.1, 0.15) is 11.8 Å². The molecule has 1 aliphatic rings. The predicted octanol–water partition coefficient (Wildman–Crippen LogP) is 3.81. The van der Waals surface area contributed by atoms with E-state index >= 15 is 0 Å². The summed E-state index contributed by atoms with van der Waals surface area (Å²) in [6.07, 6.45) is 8.95. The number of rotatable bonds is 3. The zero-order valence-corrected chi connectivity index (χ0v) is 14.2. The average molecular weight is 325 g/mol. The van der Waals surface area contributed by atoms with Crippen LogP contribution in [-0.2, 0) is 4.79 Å². The first kappa shape index (κ1) is 16.5. The third-order valence-electron chi connectivity index (χ3n) is 4.81. The Bertz CT molecular complexity index is 834. The second-order valence-electron chi connectivity index (χ2n) is 6.73. The Morgan fingerprint density at radius 1 is 1.29 bits per heavy atom. The normalized spacial score (nSPS) is 21.2. The van der Waals surface area contributed by atoms with Crippen molar-refractivity contribution in [2.24, 2.45) is 5.92 Å². The molecule has 0 saturated heterocycles. The highest BCUT2D eigenvalue weighted by atomic mass is 16.3. The minimum Gasteiger partial charge on any atom is -0.463 e. The van der Waals surface area contributed by atoms with Crippen LogP contribution in [0.4, 0.5) is 0 Å². The van der Waals surface area contributed by atoms with Crippen LogP contribution in [0.25, 0.3) is 17.0 Å². The number of carbonyl (C=O) groups excluding carboxylic acids is 1. The summed E-state index contributed by atoms with van der Waals surface area (Å²) in [6, 6.07) is 5.73. The monoisotopic (exact) mass is 325 g/mol. The minimum absolute atomic E-state index is 0.116. The summed E-state index contributed by atoms with van der Waals surface area (Å²) in [5.74, 6) is 0.349. The van der Waals surface area contributed by atoms with E-state index in [1.54, 1.807) is 6.07 Å². The Hall–Kier alpha value is -2.36. The van der Waals surface area contributed by atoms with E-state index in [9.17, 15) is 9.59 Å². The molecular weight excluding hydrogens is 302 g/mol. The van der Waals surface area contributed by atoms with Crippen molar-refractivity contribution in [2.75, 3.05) is 0 Å². The lowest BCUT2D eigenvalue weighted by Crippen LogP contribution is -2.40. The molecule has 2 aromatic rings. The number of amides is 1. The number of hydrogen-bond donors (Lipinski definition) is 1. The predicted molar refractivity (Wildman–Crippen MR) is 95.8 cm³/mol. The topological polar surface area (TPSA) is 59.3 Å². The molecule has 1 heterocycles. The molecule has 0 bridgehead atoms. The smallest absolute Gasteiger partial charge is 0.244 e. The van der Waals surface area contributed by atoms with E-state index in [1.165, 1.54) is 24.8 Å². The number of nitrogens with one attached hydrogen (secondary N) is 1. The van der Waals surface area contributed by atoms with Crippen LogP contribution in [0.2, 0.25) is 0 Å². The van der Waals surface area contributed by atoms with Crippen molar-refractivity contribution in [3.05, 3.63) is 51.9 Å². The summed E-state index contributed by atoms with van der Waals surface area (Å²) >= 11 is 0. The summed E-state index contributed by atoms with van der Waals surface area (Å²) in [5, 5.41) is 3.59. The first-order chi connectivity index (χ1) is 11.5. The molecule has 2 atom stereocenters. The van der Waals surface area contributed by atoms with Crippen LogP contribution in [0.1, 0.15) is 43.7 Å². The molecule has 0 spiro atoms. The Morgan fingerprint density at radius 3 is 2.88 bits per heavy atom. The number of fused-ring (bicyclic) bond motifs is 1. The van der Waals surface area contributed by atoms with Gasteiger partial charge in [-0.05, 0) is 43.9 Å². The lowest BCUT2D eigenvalue weighted by atomic mass is 9.86. The maximum absolute atomic E-state index is 12.5. The van der Waals surface area contributed by atoms with E-state index in [2.05, 4.69) is 12.2 Å². The maximum Gasteiger partial charge on any atom is 0.244 e. The minimum atomic E-state index is -0.155. The molecule has 1 N–H and O–H groups in total. The molecule has 0 aliphatic heterocycles. The number of hydrogen-bond acceptors (Lipinski definition) is 3. The van der Waals surface area contributed by atoms with Crippen molar-refractivity contribution in [1.82, 2.24) is 5.32 Å². The molecule has 2 unspecified atom stereocenters. The molecule has 4 nitrogen and oxygen atoms in total. The molecule has 0 radical (unpaired) electrons. The summed E-state index contributed by atoms with van der Waals surface area (Å²) in [5.41, 5.74) is 1.83. The second-order valence-corrected chi connectivity index (χ2v) is 6.73. The third-order valence-corrected chi connectivity index (χ3v) is 4.81. The van der Waals surface area contributed by atoms with Gasteiger partial charge in [-0.3, -0.25) is 9.59 Å². The lowest BCUT2D eigenvalue weighted by Gasteiger charge is -2.29. The summed E-state index contributed by atoms with van der Waals surface area (Å²) in [4.78, 5) is 24.6. The van der Waals surface area contributed by atoms with Gasteiger partial charge in [-0.1, -0.05) is 31.4 Å². The highest BCUT2D eigenvalue weighted by Gasteiger charge is 2.21. The molecule has 1 aliphatic carbocycles. The number of carbonyl (C=O) groups is 1. The molecule has 24 heavy (non-hydrogen) atoms. The standard InChI is InChI=1S/C20H23NO3/c1-13-7-9-18-16(11-13)20(23)15(12-24-18)8-10-19(22)21-17-6-4-3-5-14(17)2/h7-12,14,17H,3-6H2,1-2H3,(H,21,22)/b10-8+. The second kappa shape index (κ2) is 7.04. The highest BCUT2D eigenvalue weighted by Crippen LogP contribution is 2.23. The molecule has 1 fully saturated rings. The lowest BCUT2D eigenvalue weighted by molar-refractivity contribution is -0.117. The van der Waals surface area contributed by atoms with Gasteiger partial charge >= 0.3 is 0 Å². The van der Waals surface area contributed by atoms with Crippen molar-refractivity contribution in [1.29, 1.82) is 0 Å². The van der Waals surface area contributed by atoms with Crippen LogP contribution in [-0.4, -0.2) is 11.9 Å². The van der Waals surface area contributed by atoms with Crippen LogP contribution >= 0.6 is 0 Å². The Balaban J connectivity index is 1.76. The van der Waals surface area contributed by atoms with E-state index in [0.29, 0.717) is 22.5 Å². The Morgan fingerprint density at radius 2 is 2.08 bits per heavy atom. The molecule has 4 heteroatoms. The van der Waals surface area contributed by atoms with Gasteiger partial charge in [0.2, 0.25) is 5.91 Å². The van der Waals surface area contributed by atoms with Crippen LogP contribution in [0.15, 0.2) is 39.7 Å².